The van der Waals surface area contributed by atoms with Gasteiger partial charge in [0.25, 0.3) is 11.8 Å². The maximum absolute atomic E-state index is 12.9. The second-order valence-electron chi connectivity index (χ2n) is 7.38. The molecule has 0 aromatic heterocycles. The van der Waals surface area contributed by atoms with Gasteiger partial charge in [-0.15, -0.1) is 0 Å². The topological polar surface area (TPSA) is 58.6 Å². The number of fused-ring (bicyclic) bond motifs is 1. The summed E-state index contributed by atoms with van der Waals surface area (Å²) in [5.41, 5.74) is 1.04. The minimum absolute atomic E-state index is 0.0388. The van der Waals surface area contributed by atoms with E-state index < -0.39 is 17.6 Å². The van der Waals surface area contributed by atoms with Crippen molar-refractivity contribution in [3.05, 3.63) is 95.1 Å². The van der Waals surface area contributed by atoms with Gasteiger partial charge in [-0.2, -0.15) is 13.2 Å². The summed E-state index contributed by atoms with van der Waals surface area (Å²) in [6.45, 7) is 0.520. The minimum atomic E-state index is -4.50. The summed E-state index contributed by atoms with van der Waals surface area (Å²) < 4.78 is 44.4. The summed E-state index contributed by atoms with van der Waals surface area (Å²) in [5.74, 6) is -0.248. The molecule has 0 atom stereocenters. The highest BCUT2D eigenvalue weighted by Gasteiger charge is 2.30. The number of rotatable bonds is 4. The van der Waals surface area contributed by atoms with Crippen molar-refractivity contribution in [2.75, 3.05) is 11.9 Å². The van der Waals surface area contributed by atoms with Gasteiger partial charge in [0.15, 0.2) is 6.61 Å². The molecule has 3 aromatic rings. The fourth-order valence-electron chi connectivity index (χ4n) is 3.43. The molecular formula is C24H19F3N2O3. The molecule has 1 N–H and O–H groups in total. The van der Waals surface area contributed by atoms with Gasteiger partial charge in [-0.3, -0.25) is 9.59 Å². The van der Waals surface area contributed by atoms with E-state index in [0.29, 0.717) is 17.9 Å². The van der Waals surface area contributed by atoms with Crippen molar-refractivity contribution < 1.29 is 27.5 Å². The number of hydrogen-bond donors (Lipinski definition) is 1. The molecule has 1 aliphatic heterocycles. The summed E-state index contributed by atoms with van der Waals surface area (Å²) in [6, 6.07) is 18.6. The molecule has 0 aliphatic carbocycles. The van der Waals surface area contributed by atoms with E-state index in [9.17, 15) is 22.8 Å². The number of benzene rings is 3. The lowest BCUT2D eigenvalue weighted by Gasteiger charge is -2.20. The number of amides is 2. The fourth-order valence-corrected chi connectivity index (χ4v) is 3.43. The number of alkyl halides is 3. The number of anilines is 1. The number of nitrogens with zero attached hydrogens (tertiary/aromatic N) is 1. The summed E-state index contributed by atoms with van der Waals surface area (Å²) >= 11 is 0. The zero-order chi connectivity index (χ0) is 22.7. The third kappa shape index (κ3) is 4.91. The Morgan fingerprint density at radius 2 is 1.78 bits per heavy atom. The zero-order valence-corrected chi connectivity index (χ0v) is 16.9. The summed E-state index contributed by atoms with van der Waals surface area (Å²) in [7, 11) is 0. The molecule has 0 saturated heterocycles. The van der Waals surface area contributed by atoms with Crippen LogP contribution in [0.5, 0.6) is 5.75 Å². The monoisotopic (exact) mass is 440 g/mol. The predicted molar refractivity (Wildman–Crippen MR) is 112 cm³/mol. The van der Waals surface area contributed by atoms with Crippen molar-refractivity contribution in [2.24, 2.45) is 0 Å². The van der Waals surface area contributed by atoms with Crippen molar-refractivity contribution >= 4 is 17.5 Å². The molecule has 2 amide bonds. The molecule has 1 heterocycles. The number of carbonyl (C=O) groups excluding carboxylic acids is 2. The number of hydrogen-bond acceptors (Lipinski definition) is 3. The van der Waals surface area contributed by atoms with Crippen LogP contribution >= 0.6 is 0 Å². The van der Waals surface area contributed by atoms with Gasteiger partial charge in [-0.05, 0) is 42.0 Å². The number of halogens is 3. The maximum Gasteiger partial charge on any atom is 0.416 e. The second-order valence-corrected chi connectivity index (χ2v) is 7.38. The average Bonchev–Trinajstić information content (AvgIpc) is 2.92. The van der Waals surface area contributed by atoms with E-state index in [-0.39, 0.29) is 30.3 Å². The maximum atomic E-state index is 12.9. The van der Waals surface area contributed by atoms with E-state index in [1.165, 1.54) is 18.2 Å². The number of carbonyl (C=O) groups is 2. The SMILES string of the molecule is O=C(Nc1cccc(C(F)(F)F)c1)c1ccc2c(c1)CN(Cc1ccccc1)C(=O)CO2. The molecule has 3 aromatic carbocycles. The van der Waals surface area contributed by atoms with Crippen LogP contribution in [0.3, 0.4) is 0 Å². The number of ether oxygens (including phenoxy) is 1. The molecule has 0 radical (unpaired) electrons. The van der Waals surface area contributed by atoms with Gasteiger partial charge in [0, 0.05) is 29.9 Å². The van der Waals surface area contributed by atoms with E-state index >= 15 is 0 Å². The third-order valence-corrected chi connectivity index (χ3v) is 5.05. The first kappa shape index (κ1) is 21.4. The van der Waals surface area contributed by atoms with Crippen molar-refractivity contribution in [3.63, 3.8) is 0 Å². The molecule has 32 heavy (non-hydrogen) atoms. The molecule has 0 spiro atoms. The van der Waals surface area contributed by atoms with Gasteiger partial charge in [-0.25, -0.2) is 0 Å². The predicted octanol–water partition coefficient (Wildman–Crippen LogP) is 4.88. The Bertz CT molecular complexity index is 1150. The lowest BCUT2D eigenvalue weighted by molar-refractivity contribution is -0.137. The molecule has 4 rings (SSSR count). The van der Waals surface area contributed by atoms with Crippen LogP contribution in [0.1, 0.15) is 27.0 Å². The molecular weight excluding hydrogens is 421 g/mol. The Labute approximate surface area is 182 Å². The molecule has 0 bridgehead atoms. The van der Waals surface area contributed by atoms with Crippen molar-refractivity contribution in [1.29, 1.82) is 0 Å². The van der Waals surface area contributed by atoms with Gasteiger partial charge in [0.05, 0.1) is 5.56 Å². The summed E-state index contributed by atoms with van der Waals surface area (Å²) in [4.78, 5) is 26.8. The van der Waals surface area contributed by atoms with Gasteiger partial charge in [0.1, 0.15) is 5.75 Å². The lowest BCUT2D eigenvalue weighted by atomic mass is 10.1. The molecule has 1 aliphatic rings. The molecule has 0 unspecified atom stereocenters. The van der Waals surface area contributed by atoms with Crippen LogP contribution in [-0.4, -0.2) is 23.3 Å². The van der Waals surface area contributed by atoms with Crippen molar-refractivity contribution in [3.8, 4) is 5.75 Å². The highest BCUT2D eigenvalue weighted by Crippen LogP contribution is 2.31. The zero-order valence-electron chi connectivity index (χ0n) is 16.9. The van der Waals surface area contributed by atoms with Crippen LogP contribution in [0.2, 0.25) is 0 Å². The van der Waals surface area contributed by atoms with Crippen molar-refractivity contribution in [2.45, 2.75) is 19.3 Å². The fraction of sp³-hybridized carbons (Fsp3) is 0.167. The van der Waals surface area contributed by atoms with E-state index in [4.69, 9.17) is 4.74 Å². The Balaban J connectivity index is 1.53. The van der Waals surface area contributed by atoms with Gasteiger partial charge in [0.2, 0.25) is 0 Å². The van der Waals surface area contributed by atoms with Gasteiger partial charge >= 0.3 is 6.18 Å². The largest absolute Gasteiger partial charge is 0.483 e. The van der Waals surface area contributed by atoms with Crippen LogP contribution in [0.15, 0.2) is 72.8 Å². The molecule has 5 nitrogen and oxygen atoms in total. The minimum Gasteiger partial charge on any atom is -0.483 e. The van der Waals surface area contributed by atoms with E-state index in [1.807, 2.05) is 30.3 Å². The molecule has 164 valence electrons. The van der Waals surface area contributed by atoms with Crippen LogP contribution in [-0.2, 0) is 24.1 Å². The first-order valence-electron chi connectivity index (χ1n) is 9.85. The first-order chi connectivity index (χ1) is 15.3. The summed E-state index contributed by atoms with van der Waals surface area (Å²) in [5, 5.41) is 2.49. The van der Waals surface area contributed by atoms with Gasteiger partial charge < -0.3 is 15.0 Å². The van der Waals surface area contributed by atoms with E-state index in [0.717, 1.165) is 17.7 Å². The lowest BCUT2D eigenvalue weighted by Crippen LogP contribution is -2.31. The highest BCUT2D eigenvalue weighted by molar-refractivity contribution is 6.04. The van der Waals surface area contributed by atoms with Crippen LogP contribution in [0.4, 0.5) is 18.9 Å². The first-order valence-corrected chi connectivity index (χ1v) is 9.85. The smallest absolute Gasteiger partial charge is 0.416 e. The Kier molecular flexibility index (Phi) is 5.85. The normalized spacial score (nSPS) is 13.7. The van der Waals surface area contributed by atoms with E-state index in [1.54, 1.807) is 17.0 Å². The number of nitrogens with one attached hydrogen (secondary N) is 1. The Morgan fingerprint density at radius 1 is 1.00 bits per heavy atom. The van der Waals surface area contributed by atoms with Crippen LogP contribution in [0.25, 0.3) is 0 Å². The van der Waals surface area contributed by atoms with Gasteiger partial charge in [-0.1, -0.05) is 36.4 Å². The summed E-state index contributed by atoms with van der Waals surface area (Å²) in [6.07, 6.45) is -4.50. The van der Waals surface area contributed by atoms with Crippen LogP contribution in [0, 0.1) is 0 Å². The molecule has 0 saturated carbocycles. The Morgan fingerprint density at radius 3 is 2.53 bits per heavy atom. The quantitative estimate of drug-likeness (QED) is 0.629. The van der Waals surface area contributed by atoms with Crippen LogP contribution < -0.4 is 10.1 Å². The standard InChI is InChI=1S/C24H19F3N2O3/c25-24(26,27)19-7-4-8-20(12-19)28-23(31)17-9-10-21-18(11-17)14-29(22(30)15-32-21)13-16-5-2-1-3-6-16/h1-12H,13-15H2,(H,28,31). The second kappa shape index (κ2) is 8.74. The van der Waals surface area contributed by atoms with E-state index in [2.05, 4.69) is 5.32 Å². The van der Waals surface area contributed by atoms with Crippen molar-refractivity contribution in [1.82, 2.24) is 4.90 Å². The highest BCUT2D eigenvalue weighted by atomic mass is 19.4. The molecule has 8 heteroatoms. The Hall–Kier alpha value is -3.81. The molecule has 0 fully saturated rings. The average molecular weight is 440 g/mol. The third-order valence-electron chi connectivity index (χ3n) is 5.05.